The van der Waals surface area contributed by atoms with Gasteiger partial charge in [-0.25, -0.2) is 20.0 Å². The van der Waals surface area contributed by atoms with Crippen LogP contribution in [0.25, 0.3) is 0 Å². The molecule has 0 radical (unpaired) electrons. The van der Waals surface area contributed by atoms with E-state index in [1.807, 2.05) is 5.01 Å². The van der Waals surface area contributed by atoms with Crippen molar-refractivity contribution >= 4 is 52.3 Å². The van der Waals surface area contributed by atoms with Crippen molar-refractivity contribution in [1.82, 2.24) is 15.0 Å². The van der Waals surface area contributed by atoms with Crippen molar-refractivity contribution in [2.45, 2.75) is 26.2 Å². The Morgan fingerprint density at radius 2 is 1.76 bits per heavy atom. The van der Waals surface area contributed by atoms with Crippen LogP contribution in [0.1, 0.15) is 26.2 Å². The highest BCUT2D eigenvalue weighted by atomic mass is 35.5. The monoisotopic (exact) mass is 436 g/mol. The molecule has 1 aliphatic rings. The molecule has 0 spiro atoms. The lowest BCUT2D eigenvalue weighted by Gasteiger charge is -2.36. The Morgan fingerprint density at radius 1 is 1.07 bits per heavy atom. The van der Waals surface area contributed by atoms with Gasteiger partial charge in [-0.2, -0.15) is 0 Å². The lowest BCUT2D eigenvalue weighted by molar-refractivity contribution is -0.120. The molecule has 2 N–H and O–H groups in total. The summed E-state index contributed by atoms with van der Waals surface area (Å²) in [5.74, 6) is 0.300. The molecule has 1 aromatic heterocycles. The van der Waals surface area contributed by atoms with Gasteiger partial charge >= 0.3 is 0 Å². The summed E-state index contributed by atoms with van der Waals surface area (Å²) in [5, 5.41) is 10.2. The fourth-order valence-electron chi connectivity index (χ4n) is 3.13. The van der Waals surface area contributed by atoms with E-state index in [1.54, 1.807) is 29.3 Å². The van der Waals surface area contributed by atoms with Crippen LogP contribution in [0, 0.1) is 0 Å². The molecule has 154 valence electrons. The minimum absolute atomic E-state index is 0.0205. The highest BCUT2D eigenvalue weighted by Crippen LogP contribution is 2.23. The van der Waals surface area contributed by atoms with Crippen molar-refractivity contribution in [2.24, 2.45) is 0 Å². The van der Waals surface area contributed by atoms with Crippen LogP contribution in [0.3, 0.4) is 0 Å². The van der Waals surface area contributed by atoms with Gasteiger partial charge in [0.25, 0.3) is 5.91 Å². The summed E-state index contributed by atoms with van der Waals surface area (Å²) in [7, 11) is 0. The number of hydrazine groups is 1. The lowest BCUT2D eigenvalue weighted by Crippen LogP contribution is -2.51. The smallest absolute Gasteiger partial charge is 0.262 e. The molecular weight excluding hydrogens is 415 g/mol. The van der Waals surface area contributed by atoms with E-state index in [4.69, 9.17) is 23.2 Å². The molecule has 2 heterocycles. The number of hydrogen-bond acceptors (Lipinski definition) is 6. The summed E-state index contributed by atoms with van der Waals surface area (Å²) >= 11 is 12.1. The highest BCUT2D eigenvalue weighted by Gasteiger charge is 2.26. The van der Waals surface area contributed by atoms with Crippen LogP contribution >= 0.6 is 23.2 Å². The van der Waals surface area contributed by atoms with Crippen LogP contribution in [0.5, 0.6) is 0 Å². The number of carbonyl (C=O) groups excluding carboxylic acids is 2. The number of nitrogens with one attached hydrogen (secondary N) is 2. The van der Waals surface area contributed by atoms with E-state index in [0.717, 1.165) is 32.4 Å². The molecule has 8 nitrogen and oxygen atoms in total. The number of amides is 2. The zero-order valence-corrected chi connectivity index (χ0v) is 17.5. The first-order valence-electron chi connectivity index (χ1n) is 9.30. The third kappa shape index (κ3) is 6.03. The van der Waals surface area contributed by atoms with Crippen molar-refractivity contribution in [1.29, 1.82) is 0 Å². The SMILES string of the molecule is CC(=O)Nc1cc(N(C(=O)CNc2cc(Cl)cc(Cl)c2)N2CCCCC2)ncn1. The minimum atomic E-state index is -0.245. The average molecular weight is 437 g/mol. The van der Waals surface area contributed by atoms with Crippen LogP contribution < -0.4 is 15.6 Å². The first kappa shape index (κ1) is 21.3. The van der Waals surface area contributed by atoms with E-state index in [2.05, 4.69) is 20.6 Å². The van der Waals surface area contributed by atoms with Crippen LogP contribution in [0.15, 0.2) is 30.6 Å². The Balaban J connectivity index is 1.81. The van der Waals surface area contributed by atoms with E-state index < -0.39 is 0 Å². The van der Waals surface area contributed by atoms with Crippen LogP contribution in [-0.4, -0.2) is 46.4 Å². The highest BCUT2D eigenvalue weighted by molar-refractivity contribution is 6.35. The van der Waals surface area contributed by atoms with E-state index in [0.29, 0.717) is 27.4 Å². The predicted molar refractivity (Wildman–Crippen MR) is 114 cm³/mol. The summed E-state index contributed by atoms with van der Waals surface area (Å²) in [6.45, 7) is 2.91. The summed E-state index contributed by atoms with van der Waals surface area (Å²) in [6, 6.07) is 6.61. The molecular formula is C19H22Cl2N6O2. The quantitative estimate of drug-likeness (QED) is 0.718. The number of anilines is 3. The van der Waals surface area contributed by atoms with Gasteiger partial charge < -0.3 is 10.6 Å². The van der Waals surface area contributed by atoms with E-state index >= 15 is 0 Å². The summed E-state index contributed by atoms with van der Waals surface area (Å²) in [5.41, 5.74) is 0.649. The second-order valence-corrected chi connectivity index (χ2v) is 7.55. The Bertz CT molecular complexity index is 869. The number of piperidine rings is 1. The fraction of sp³-hybridized carbons (Fsp3) is 0.368. The van der Waals surface area contributed by atoms with Gasteiger partial charge in [0.15, 0.2) is 5.82 Å². The number of benzene rings is 1. The number of nitrogens with zero attached hydrogens (tertiary/aromatic N) is 4. The normalized spacial score (nSPS) is 14.3. The average Bonchev–Trinajstić information content (AvgIpc) is 2.66. The van der Waals surface area contributed by atoms with Gasteiger partial charge in [0, 0.05) is 41.8 Å². The fourth-order valence-corrected chi connectivity index (χ4v) is 3.65. The van der Waals surface area contributed by atoms with Crippen LogP contribution in [0.4, 0.5) is 17.3 Å². The zero-order valence-electron chi connectivity index (χ0n) is 16.0. The van der Waals surface area contributed by atoms with Crippen molar-refractivity contribution in [2.75, 3.05) is 35.3 Å². The molecule has 3 rings (SSSR count). The molecule has 0 saturated carbocycles. The first-order valence-corrected chi connectivity index (χ1v) is 10.1. The van der Waals surface area contributed by atoms with Gasteiger partial charge in [-0.3, -0.25) is 9.59 Å². The lowest BCUT2D eigenvalue weighted by atomic mass is 10.2. The Morgan fingerprint density at radius 3 is 2.41 bits per heavy atom. The molecule has 1 fully saturated rings. The van der Waals surface area contributed by atoms with E-state index in [9.17, 15) is 9.59 Å². The molecule has 0 aliphatic carbocycles. The van der Waals surface area contributed by atoms with Crippen molar-refractivity contribution in [3.63, 3.8) is 0 Å². The molecule has 1 aliphatic heterocycles. The third-order valence-corrected chi connectivity index (χ3v) is 4.77. The Hall–Kier alpha value is -2.42. The maximum Gasteiger partial charge on any atom is 0.262 e. The number of rotatable bonds is 6. The second kappa shape index (κ2) is 9.87. The van der Waals surface area contributed by atoms with Gasteiger partial charge in [0.2, 0.25) is 5.91 Å². The van der Waals surface area contributed by atoms with Crippen molar-refractivity contribution in [3.8, 4) is 0 Å². The molecule has 29 heavy (non-hydrogen) atoms. The minimum Gasteiger partial charge on any atom is -0.376 e. The van der Waals surface area contributed by atoms with Gasteiger partial charge in [-0.05, 0) is 31.0 Å². The number of aromatic nitrogens is 2. The maximum atomic E-state index is 13.1. The van der Waals surface area contributed by atoms with Gasteiger partial charge in [0.05, 0.1) is 6.54 Å². The molecule has 1 saturated heterocycles. The van der Waals surface area contributed by atoms with E-state index in [1.165, 1.54) is 13.3 Å². The summed E-state index contributed by atoms with van der Waals surface area (Å²) in [6.07, 6.45) is 4.43. The Labute approximate surface area is 179 Å². The summed E-state index contributed by atoms with van der Waals surface area (Å²) < 4.78 is 0. The van der Waals surface area contributed by atoms with Crippen LogP contribution in [0.2, 0.25) is 10.0 Å². The molecule has 0 bridgehead atoms. The third-order valence-electron chi connectivity index (χ3n) is 4.33. The van der Waals surface area contributed by atoms with E-state index in [-0.39, 0.29) is 18.4 Å². The number of hydrogen-bond donors (Lipinski definition) is 2. The van der Waals surface area contributed by atoms with Crippen molar-refractivity contribution < 1.29 is 9.59 Å². The molecule has 2 amide bonds. The molecule has 1 aromatic carbocycles. The number of carbonyl (C=O) groups is 2. The summed E-state index contributed by atoms with van der Waals surface area (Å²) in [4.78, 5) is 32.8. The largest absolute Gasteiger partial charge is 0.376 e. The number of halogens is 2. The van der Waals surface area contributed by atoms with Gasteiger partial charge in [-0.15, -0.1) is 0 Å². The zero-order chi connectivity index (χ0) is 20.8. The van der Waals surface area contributed by atoms with Gasteiger partial charge in [-0.1, -0.05) is 29.6 Å². The second-order valence-electron chi connectivity index (χ2n) is 6.67. The molecule has 10 heteroatoms. The standard InChI is InChI=1S/C19H22Cl2N6O2/c1-13(28)25-17-10-18(24-12-23-17)27(26-5-3-2-4-6-26)19(29)11-22-16-8-14(20)7-15(21)9-16/h7-10,12,22H,2-6,11H2,1H3,(H,23,24,25,28). The maximum absolute atomic E-state index is 13.1. The topological polar surface area (TPSA) is 90.5 Å². The predicted octanol–water partition coefficient (Wildman–Crippen LogP) is 3.59. The van der Waals surface area contributed by atoms with Gasteiger partial charge in [0.1, 0.15) is 12.1 Å². The molecule has 2 aromatic rings. The Kier molecular flexibility index (Phi) is 7.24. The molecule has 0 unspecified atom stereocenters. The van der Waals surface area contributed by atoms with Crippen molar-refractivity contribution in [3.05, 3.63) is 40.6 Å². The first-order chi connectivity index (χ1) is 13.9. The molecule has 0 atom stereocenters. The van der Waals surface area contributed by atoms with Crippen LogP contribution in [-0.2, 0) is 9.59 Å².